The van der Waals surface area contributed by atoms with E-state index in [0.29, 0.717) is 6.54 Å². The molecule has 2 N–H and O–H groups in total. The molecule has 5 heteroatoms. The van der Waals surface area contributed by atoms with Gasteiger partial charge < -0.3 is 10.4 Å². The molecule has 2 rings (SSSR count). The van der Waals surface area contributed by atoms with Crippen molar-refractivity contribution in [2.45, 2.75) is 5.92 Å². The molecule has 2 unspecified atom stereocenters. The van der Waals surface area contributed by atoms with Gasteiger partial charge in [-0.1, -0.05) is 34.1 Å². The van der Waals surface area contributed by atoms with Crippen molar-refractivity contribution in [3.8, 4) is 0 Å². The Morgan fingerprint density at radius 3 is 2.69 bits per heavy atom. The van der Waals surface area contributed by atoms with Crippen LogP contribution in [0.4, 0.5) is 0 Å². The lowest BCUT2D eigenvalue weighted by Crippen LogP contribution is -2.21. The first-order chi connectivity index (χ1) is 7.20. The third-order valence-corrected chi connectivity index (χ3v) is 3.56. The lowest BCUT2D eigenvalue weighted by atomic mass is 9.89. The average Bonchev–Trinajstić information content (AvgIpc) is 2.67. The first kappa shape index (κ1) is 13.5. The summed E-state index contributed by atoms with van der Waals surface area (Å²) in [6.45, 7) is 1.29. The smallest absolute Gasteiger partial charge is 0.308 e. The number of rotatable bonds is 2. The summed E-state index contributed by atoms with van der Waals surface area (Å²) in [5.74, 6) is -0.970. The van der Waals surface area contributed by atoms with Crippen LogP contribution in [0.15, 0.2) is 28.7 Å². The molecule has 0 aliphatic carbocycles. The minimum Gasteiger partial charge on any atom is -0.481 e. The van der Waals surface area contributed by atoms with Crippen LogP contribution in [0.1, 0.15) is 11.5 Å². The van der Waals surface area contributed by atoms with E-state index in [4.69, 9.17) is 5.11 Å². The largest absolute Gasteiger partial charge is 0.481 e. The van der Waals surface area contributed by atoms with Crippen LogP contribution in [0.25, 0.3) is 0 Å². The SMILES string of the molecule is Cl.O=C(O)C1CNCC1c1ccccc1Br. The Balaban J connectivity index is 0.00000128. The predicted molar refractivity (Wildman–Crippen MR) is 68.1 cm³/mol. The summed E-state index contributed by atoms with van der Waals surface area (Å²) in [4.78, 5) is 11.0. The fourth-order valence-corrected chi connectivity index (χ4v) is 2.62. The highest BCUT2D eigenvalue weighted by Crippen LogP contribution is 2.32. The third-order valence-electron chi connectivity index (χ3n) is 2.84. The fraction of sp³-hybridized carbons (Fsp3) is 0.364. The molecule has 16 heavy (non-hydrogen) atoms. The van der Waals surface area contributed by atoms with E-state index in [1.807, 2.05) is 24.3 Å². The molecule has 1 fully saturated rings. The van der Waals surface area contributed by atoms with Crippen LogP contribution in [-0.2, 0) is 4.79 Å². The second-order valence-electron chi connectivity index (χ2n) is 3.73. The highest BCUT2D eigenvalue weighted by Gasteiger charge is 2.34. The number of benzene rings is 1. The van der Waals surface area contributed by atoms with Crippen LogP contribution >= 0.6 is 28.3 Å². The van der Waals surface area contributed by atoms with Crippen molar-refractivity contribution in [2.24, 2.45) is 5.92 Å². The number of carbonyl (C=O) groups is 1. The van der Waals surface area contributed by atoms with Gasteiger partial charge >= 0.3 is 5.97 Å². The monoisotopic (exact) mass is 305 g/mol. The molecule has 1 aliphatic rings. The molecule has 0 bridgehead atoms. The molecule has 1 heterocycles. The van der Waals surface area contributed by atoms with Gasteiger partial charge in [0.1, 0.15) is 0 Å². The highest BCUT2D eigenvalue weighted by atomic mass is 79.9. The van der Waals surface area contributed by atoms with Crippen molar-refractivity contribution in [1.29, 1.82) is 0 Å². The van der Waals surface area contributed by atoms with Crippen LogP contribution in [0.2, 0.25) is 0 Å². The summed E-state index contributed by atoms with van der Waals surface area (Å²) in [6.07, 6.45) is 0. The van der Waals surface area contributed by atoms with Crippen molar-refractivity contribution >= 4 is 34.3 Å². The van der Waals surface area contributed by atoms with Crippen molar-refractivity contribution in [2.75, 3.05) is 13.1 Å². The summed E-state index contributed by atoms with van der Waals surface area (Å²) in [5, 5.41) is 12.2. The molecule has 1 aromatic carbocycles. The number of aliphatic carboxylic acids is 1. The van der Waals surface area contributed by atoms with Crippen LogP contribution in [-0.4, -0.2) is 24.2 Å². The maximum Gasteiger partial charge on any atom is 0.308 e. The minimum absolute atomic E-state index is 0. The zero-order valence-corrected chi connectivity index (χ0v) is 10.9. The number of hydrogen-bond acceptors (Lipinski definition) is 2. The van der Waals surface area contributed by atoms with E-state index in [1.54, 1.807) is 0 Å². The van der Waals surface area contributed by atoms with Crippen LogP contribution in [0.3, 0.4) is 0 Å². The highest BCUT2D eigenvalue weighted by molar-refractivity contribution is 9.10. The number of halogens is 2. The molecule has 3 nitrogen and oxygen atoms in total. The second kappa shape index (κ2) is 5.66. The van der Waals surface area contributed by atoms with Gasteiger partial charge in [-0.15, -0.1) is 12.4 Å². The molecule has 1 aliphatic heterocycles. The first-order valence-electron chi connectivity index (χ1n) is 4.88. The summed E-state index contributed by atoms with van der Waals surface area (Å²) >= 11 is 3.46. The summed E-state index contributed by atoms with van der Waals surface area (Å²) < 4.78 is 0.991. The van der Waals surface area contributed by atoms with Gasteiger partial charge in [0.2, 0.25) is 0 Å². The molecular formula is C11H13BrClNO2. The van der Waals surface area contributed by atoms with Crippen LogP contribution in [0, 0.1) is 5.92 Å². The van der Waals surface area contributed by atoms with Gasteiger partial charge in [-0.3, -0.25) is 4.79 Å². The maximum atomic E-state index is 11.0. The maximum absolute atomic E-state index is 11.0. The first-order valence-corrected chi connectivity index (χ1v) is 5.67. The zero-order valence-electron chi connectivity index (χ0n) is 8.52. The lowest BCUT2D eigenvalue weighted by Gasteiger charge is -2.16. The Hall–Kier alpha value is -0.580. The quantitative estimate of drug-likeness (QED) is 0.881. The van der Waals surface area contributed by atoms with Gasteiger partial charge in [0.25, 0.3) is 0 Å². The molecule has 0 radical (unpaired) electrons. The molecule has 1 saturated heterocycles. The van der Waals surface area contributed by atoms with E-state index >= 15 is 0 Å². The third kappa shape index (κ3) is 2.56. The molecule has 0 saturated carbocycles. The normalized spacial score (nSPS) is 23.8. The van der Waals surface area contributed by atoms with Crippen molar-refractivity contribution < 1.29 is 9.90 Å². The van der Waals surface area contributed by atoms with Crippen molar-refractivity contribution in [1.82, 2.24) is 5.32 Å². The fourth-order valence-electron chi connectivity index (χ4n) is 2.04. The van der Waals surface area contributed by atoms with Crippen molar-refractivity contribution in [3.63, 3.8) is 0 Å². The molecule has 88 valence electrons. The topological polar surface area (TPSA) is 49.3 Å². The van der Waals surface area contributed by atoms with Gasteiger partial charge in [0.05, 0.1) is 5.92 Å². The second-order valence-corrected chi connectivity index (χ2v) is 4.59. The van der Waals surface area contributed by atoms with E-state index < -0.39 is 5.97 Å². The minimum atomic E-state index is -0.722. The number of carboxylic acids is 1. The number of nitrogens with one attached hydrogen (secondary N) is 1. The molecule has 0 spiro atoms. The summed E-state index contributed by atoms with van der Waals surface area (Å²) in [6, 6.07) is 7.81. The molecule has 0 amide bonds. The Morgan fingerprint density at radius 1 is 1.38 bits per heavy atom. The summed E-state index contributed by atoms with van der Waals surface area (Å²) in [7, 11) is 0. The standard InChI is InChI=1S/C11H12BrNO2.ClH/c12-10-4-2-1-3-7(10)8-5-13-6-9(8)11(14)15;/h1-4,8-9,13H,5-6H2,(H,14,15);1H. The van der Waals surface area contributed by atoms with Crippen LogP contribution < -0.4 is 5.32 Å². The average molecular weight is 307 g/mol. The van der Waals surface area contributed by atoms with Gasteiger partial charge in [0, 0.05) is 23.5 Å². The molecule has 1 aromatic rings. The Kier molecular flexibility index (Phi) is 4.77. The van der Waals surface area contributed by atoms with Crippen molar-refractivity contribution in [3.05, 3.63) is 34.3 Å². The van der Waals surface area contributed by atoms with E-state index in [1.165, 1.54) is 0 Å². The molecular weight excluding hydrogens is 293 g/mol. The predicted octanol–water partition coefficient (Wildman–Crippen LogP) is 2.26. The Morgan fingerprint density at radius 2 is 2.06 bits per heavy atom. The lowest BCUT2D eigenvalue weighted by molar-refractivity contribution is -0.141. The zero-order chi connectivity index (χ0) is 10.8. The summed E-state index contributed by atoms with van der Waals surface area (Å²) in [5.41, 5.74) is 1.08. The van der Waals surface area contributed by atoms with E-state index in [2.05, 4.69) is 21.2 Å². The van der Waals surface area contributed by atoms with Gasteiger partial charge in [-0.05, 0) is 11.6 Å². The van der Waals surface area contributed by atoms with E-state index in [0.717, 1.165) is 16.6 Å². The Labute approximate surface area is 109 Å². The number of carboxylic acid groups (broad SMARTS) is 1. The van der Waals surface area contributed by atoms with Gasteiger partial charge in [0.15, 0.2) is 0 Å². The van der Waals surface area contributed by atoms with Crippen LogP contribution in [0.5, 0.6) is 0 Å². The molecule has 0 aromatic heterocycles. The Bertz CT molecular complexity index is 386. The van der Waals surface area contributed by atoms with Gasteiger partial charge in [-0.25, -0.2) is 0 Å². The number of hydrogen-bond donors (Lipinski definition) is 2. The van der Waals surface area contributed by atoms with E-state index in [-0.39, 0.29) is 24.2 Å². The van der Waals surface area contributed by atoms with E-state index in [9.17, 15) is 4.79 Å². The molecule has 2 atom stereocenters. The van der Waals surface area contributed by atoms with Gasteiger partial charge in [-0.2, -0.15) is 0 Å².